The van der Waals surface area contributed by atoms with Crippen molar-refractivity contribution in [2.45, 2.75) is 131 Å². The van der Waals surface area contributed by atoms with Crippen molar-refractivity contribution in [2.75, 3.05) is 82.5 Å². The van der Waals surface area contributed by atoms with Crippen molar-refractivity contribution in [1.29, 1.82) is 0 Å². The van der Waals surface area contributed by atoms with Crippen LogP contribution >= 0.6 is 27.3 Å². The molecule has 11 rings (SSSR count). The molecule has 2 aliphatic carbocycles. The van der Waals surface area contributed by atoms with Gasteiger partial charge in [-0.3, -0.25) is 29.5 Å². The van der Waals surface area contributed by atoms with Crippen molar-refractivity contribution in [1.82, 2.24) is 19.8 Å². The van der Waals surface area contributed by atoms with E-state index in [1.807, 2.05) is 114 Å². The third-order valence-corrected chi connectivity index (χ3v) is 20.1. The number of esters is 3. The molecule has 4 aromatic carbocycles. The smallest absolute Gasteiger partial charge is 0.358 e. The highest BCUT2D eigenvalue weighted by atomic mass is 79.9. The van der Waals surface area contributed by atoms with Crippen LogP contribution in [-0.2, 0) is 36.8 Å². The van der Waals surface area contributed by atoms with Gasteiger partial charge in [-0.25, -0.2) is 14.8 Å². The van der Waals surface area contributed by atoms with E-state index in [-0.39, 0.29) is 23.5 Å². The van der Waals surface area contributed by atoms with Gasteiger partial charge >= 0.3 is 17.9 Å². The number of anilines is 2. The number of benzene rings is 4. The second kappa shape index (κ2) is 27.7. The lowest BCUT2D eigenvalue weighted by molar-refractivity contribution is -0.146. The van der Waals surface area contributed by atoms with Crippen molar-refractivity contribution in [3.8, 4) is 22.6 Å². The average molecular weight is 1250 g/mol. The molecule has 2 spiro atoms. The summed E-state index contributed by atoms with van der Waals surface area (Å²) in [5, 5.41) is 3.59. The Balaban J connectivity index is 0.000000263. The number of piperidine rings is 2. The summed E-state index contributed by atoms with van der Waals surface area (Å²) in [4.78, 5) is 67.7. The standard InChI is InChI=1S/C48H55N5O6S.C21H30BrNO3/c1-6-57-42(54)29-52-25-22-48(23-26-52)21-19-32(27-48)30-58-39-15-10-12-34(31(39)2)35-17-18-41(50-43(35)45(56)59-47(3,4)5)53-24-20-33-11-9-13-36(37(33)28-53)44(55)51-46-49-38-14-7-8-16-40(38)60-46;1-3-25-20(24)14-23-11-9-21(10-12-23)8-7-17(13-21)15-26-19-6-4-5-18(22)16(19)2/h7-18,32H,6,19-30H2,1-5H3,(H,49,51,55);4-6,17H,3,7-15H2,1-2H3/t32-;17-/m00/s1. The fourth-order valence-electron chi connectivity index (χ4n) is 13.6. The predicted molar refractivity (Wildman–Crippen MR) is 342 cm³/mol. The number of para-hydroxylation sites is 1. The van der Waals surface area contributed by atoms with Crippen molar-refractivity contribution in [3.63, 3.8) is 0 Å². The van der Waals surface area contributed by atoms with E-state index in [2.05, 4.69) is 66.1 Å². The molecule has 1 N–H and O–H groups in total. The van der Waals surface area contributed by atoms with Gasteiger partial charge < -0.3 is 28.6 Å². The molecule has 17 heteroatoms. The molecule has 2 aromatic heterocycles. The number of rotatable bonds is 17. The first kappa shape index (κ1) is 62.6. The van der Waals surface area contributed by atoms with Gasteiger partial charge in [-0.15, -0.1) is 0 Å². The number of pyridine rings is 1. The first-order valence-corrected chi connectivity index (χ1v) is 32.6. The third kappa shape index (κ3) is 15.5. The topological polar surface area (TPSA) is 162 Å². The van der Waals surface area contributed by atoms with Gasteiger partial charge in [0.05, 0.1) is 49.7 Å². The summed E-state index contributed by atoms with van der Waals surface area (Å²) in [5.74, 6) is 2.59. The normalized spacial score (nSPS) is 19.1. The molecule has 2 saturated heterocycles. The van der Waals surface area contributed by atoms with Crippen LogP contribution in [0.25, 0.3) is 21.3 Å². The Morgan fingerprint density at radius 2 is 1.27 bits per heavy atom. The number of likely N-dealkylation sites (tertiary alicyclic amines) is 2. The molecule has 0 bridgehead atoms. The van der Waals surface area contributed by atoms with Crippen LogP contribution < -0.4 is 19.7 Å². The number of ether oxygens (including phenoxy) is 5. The second-order valence-electron chi connectivity index (χ2n) is 25.4. The van der Waals surface area contributed by atoms with Crippen molar-refractivity contribution < 1.29 is 42.9 Å². The van der Waals surface area contributed by atoms with Gasteiger partial charge in [0.15, 0.2) is 10.8 Å². The molecular formula is C69H85BrN6O9S. The first-order chi connectivity index (χ1) is 41.4. The zero-order valence-corrected chi connectivity index (χ0v) is 53.7. The Morgan fingerprint density at radius 1 is 0.674 bits per heavy atom. The number of halogens is 1. The Hall–Kier alpha value is -6.40. The molecule has 86 heavy (non-hydrogen) atoms. The molecule has 4 fully saturated rings. The SMILES string of the molecule is CCOC(=O)CN1CCC2(CC[C@H](COc3cccc(-c4ccc(N5CCc6cccc(C(=O)Nc7nc8ccccc8s7)c6C5)nc4C(=O)OC(C)(C)C)c3C)C2)CC1.CCOC(=O)CN1CCC2(CC[C@H](COc3cccc(Br)c3C)C2)CC1. The molecule has 2 saturated carbocycles. The maximum Gasteiger partial charge on any atom is 0.358 e. The second-order valence-corrected chi connectivity index (χ2v) is 27.3. The van der Waals surface area contributed by atoms with E-state index < -0.39 is 11.6 Å². The molecule has 2 atom stereocenters. The van der Waals surface area contributed by atoms with E-state index in [1.54, 1.807) is 0 Å². The van der Waals surface area contributed by atoms with Gasteiger partial charge in [0.2, 0.25) is 0 Å². The fourth-order valence-corrected chi connectivity index (χ4v) is 14.8. The van der Waals surface area contributed by atoms with E-state index in [0.717, 1.165) is 113 Å². The van der Waals surface area contributed by atoms with E-state index in [4.69, 9.17) is 28.7 Å². The number of hydrogen-bond acceptors (Lipinski definition) is 15. The minimum Gasteiger partial charge on any atom is -0.493 e. The molecule has 458 valence electrons. The van der Waals surface area contributed by atoms with E-state index >= 15 is 0 Å². The quantitative estimate of drug-likeness (QED) is 0.0678. The minimum absolute atomic E-state index is 0.0921. The summed E-state index contributed by atoms with van der Waals surface area (Å²) < 4.78 is 31.0. The molecule has 6 aromatic rings. The molecular weight excluding hydrogens is 1170 g/mol. The highest BCUT2D eigenvalue weighted by Crippen LogP contribution is 2.50. The lowest BCUT2D eigenvalue weighted by Crippen LogP contribution is -2.41. The zero-order valence-electron chi connectivity index (χ0n) is 51.3. The third-order valence-electron chi connectivity index (χ3n) is 18.3. The van der Waals surface area contributed by atoms with Crippen LogP contribution in [-0.4, -0.2) is 121 Å². The Labute approximate surface area is 520 Å². The summed E-state index contributed by atoms with van der Waals surface area (Å²) in [7, 11) is 0. The number of carbonyl (C=O) groups is 4. The van der Waals surface area contributed by atoms with Crippen LogP contribution in [0.2, 0.25) is 0 Å². The maximum absolute atomic E-state index is 14.0. The Morgan fingerprint density at radius 3 is 1.87 bits per heavy atom. The lowest BCUT2D eigenvalue weighted by Gasteiger charge is -2.39. The molecule has 3 aliphatic heterocycles. The monoisotopic (exact) mass is 1250 g/mol. The van der Waals surface area contributed by atoms with Gasteiger partial charge in [-0.2, -0.15) is 0 Å². The van der Waals surface area contributed by atoms with Gasteiger partial charge in [0.25, 0.3) is 5.91 Å². The van der Waals surface area contributed by atoms with E-state index in [1.165, 1.54) is 55.4 Å². The van der Waals surface area contributed by atoms with E-state index in [9.17, 15) is 19.2 Å². The van der Waals surface area contributed by atoms with Crippen LogP contribution in [0.1, 0.15) is 142 Å². The average Bonchev–Trinajstić information content (AvgIpc) is 2.67. The van der Waals surface area contributed by atoms with Gasteiger partial charge in [0, 0.05) is 34.3 Å². The number of nitrogens with zero attached hydrogens (tertiary/aromatic N) is 5. The molecule has 1 amide bonds. The largest absolute Gasteiger partial charge is 0.493 e. The Bertz CT molecular complexity index is 3350. The maximum atomic E-state index is 14.0. The van der Waals surface area contributed by atoms with Gasteiger partial charge in [0.1, 0.15) is 22.9 Å². The van der Waals surface area contributed by atoms with Crippen LogP contribution in [0.15, 0.2) is 95.5 Å². The summed E-state index contributed by atoms with van der Waals surface area (Å²) in [5.41, 5.74) is 7.43. The molecule has 0 unspecified atom stereocenters. The van der Waals surface area contributed by atoms with Gasteiger partial charge in [-0.1, -0.05) is 69.7 Å². The van der Waals surface area contributed by atoms with Crippen LogP contribution in [0.3, 0.4) is 0 Å². The lowest BCUT2D eigenvalue weighted by atomic mass is 9.76. The fraction of sp³-hybridized carbons (Fsp3) is 0.507. The number of thiazole rings is 1. The number of hydrogen-bond donors (Lipinski definition) is 1. The summed E-state index contributed by atoms with van der Waals surface area (Å²) in [6.07, 6.45) is 12.5. The van der Waals surface area contributed by atoms with Gasteiger partial charge in [-0.05, 0) is 239 Å². The summed E-state index contributed by atoms with van der Waals surface area (Å²) >= 11 is 5.02. The number of amides is 1. The minimum atomic E-state index is -0.724. The Kier molecular flexibility index (Phi) is 20.2. The summed E-state index contributed by atoms with van der Waals surface area (Å²) in [6, 6.07) is 29.7. The highest BCUT2D eigenvalue weighted by molar-refractivity contribution is 9.10. The van der Waals surface area contributed by atoms with Crippen molar-refractivity contribution in [2.24, 2.45) is 22.7 Å². The van der Waals surface area contributed by atoms with Crippen molar-refractivity contribution in [3.05, 3.63) is 129 Å². The van der Waals surface area contributed by atoms with Crippen molar-refractivity contribution >= 4 is 72.2 Å². The van der Waals surface area contributed by atoms with Crippen LogP contribution in [0, 0.1) is 36.5 Å². The molecule has 5 aliphatic rings. The summed E-state index contributed by atoms with van der Waals surface area (Å²) in [6.45, 7) is 21.6. The zero-order chi connectivity index (χ0) is 60.6. The van der Waals surface area contributed by atoms with Crippen LogP contribution in [0.5, 0.6) is 11.5 Å². The highest BCUT2D eigenvalue weighted by Gasteiger charge is 2.43. The first-order valence-electron chi connectivity index (χ1n) is 31.0. The van der Waals surface area contributed by atoms with E-state index in [0.29, 0.717) is 90.7 Å². The molecule has 15 nitrogen and oxygen atoms in total. The molecule has 5 heterocycles. The number of carbonyl (C=O) groups excluding carboxylic acids is 4. The predicted octanol–water partition coefficient (Wildman–Crippen LogP) is 13.8. The number of fused-ring (bicyclic) bond motifs is 2. The van der Waals surface area contributed by atoms with Crippen LogP contribution in [0.4, 0.5) is 10.9 Å². The number of aromatic nitrogens is 2. The molecule has 0 radical (unpaired) electrons. The number of nitrogens with one attached hydrogen (secondary N) is 1.